The van der Waals surface area contributed by atoms with Gasteiger partial charge in [-0.25, -0.2) is 17.2 Å². The first-order valence-electron chi connectivity index (χ1n) is 5.44. The molecule has 10 heteroatoms. The molecule has 0 spiro atoms. The molecule has 1 aromatic rings. The van der Waals surface area contributed by atoms with Crippen molar-refractivity contribution in [3.63, 3.8) is 0 Å². The van der Waals surface area contributed by atoms with Crippen LogP contribution in [0.15, 0.2) is 23.2 Å². The number of pyridine rings is 1. The van der Waals surface area contributed by atoms with Gasteiger partial charge in [0.15, 0.2) is 0 Å². The van der Waals surface area contributed by atoms with Gasteiger partial charge in [0, 0.05) is 12.7 Å². The molecule has 0 unspecified atom stereocenters. The number of hydrogen-bond acceptors (Lipinski definition) is 5. The van der Waals surface area contributed by atoms with Crippen LogP contribution >= 0.6 is 12.2 Å². The van der Waals surface area contributed by atoms with E-state index in [2.05, 4.69) is 4.98 Å². The minimum absolute atomic E-state index is 0.167. The molecular weight excluding hydrogens is 312 g/mol. The van der Waals surface area contributed by atoms with Crippen LogP contribution in [0.3, 0.4) is 0 Å². The van der Waals surface area contributed by atoms with Crippen LogP contribution in [0.2, 0.25) is 0 Å². The molecule has 1 aromatic heterocycles. The first-order chi connectivity index (χ1) is 9.30. The lowest BCUT2D eigenvalue weighted by molar-refractivity contribution is 0.113. The van der Waals surface area contributed by atoms with Gasteiger partial charge >= 0.3 is 0 Å². The number of nitrogens with zero attached hydrogens (tertiary/aromatic N) is 2. The van der Waals surface area contributed by atoms with Crippen LogP contribution in [0, 0.1) is 0 Å². The van der Waals surface area contributed by atoms with Gasteiger partial charge in [0.25, 0.3) is 6.43 Å². The molecule has 0 saturated carbocycles. The molecule has 1 heterocycles. The largest absolute Gasteiger partial charge is 0.395 e. The van der Waals surface area contributed by atoms with Crippen LogP contribution in [-0.4, -0.2) is 53.9 Å². The molecule has 0 fully saturated rings. The lowest BCUT2D eigenvalue weighted by atomic mass is 10.3. The normalized spacial score (nSPS) is 12.1. The third-order valence-electron chi connectivity index (χ3n) is 2.31. The Morgan fingerprint density at radius 2 is 2.20 bits per heavy atom. The Morgan fingerprint density at radius 1 is 1.55 bits per heavy atom. The first-order valence-corrected chi connectivity index (χ1v) is 7.29. The maximum absolute atomic E-state index is 12.5. The SMILES string of the molecule is NC(=S)c1ncccc1S(=O)(=O)N(CCO)CC(F)F. The predicted octanol–water partition coefficient (Wildman–Crippen LogP) is -0.0361. The molecule has 3 N–H and O–H groups in total. The second-order valence-corrected chi connectivity index (χ2v) is 6.04. The number of nitrogens with two attached hydrogens (primary N) is 1. The van der Waals surface area contributed by atoms with Crippen LogP contribution in [-0.2, 0) is 10.0 Å². The van der Waals surface area contributed by atoms with Gasteiger partial charge in [-0.1, -0.05) is 12.2 Å². The van der Waals surface area contributed by atoms with Gasteiger partial charge in [-0.2, -0.15) is 4.31 Å². The van der Waals surface area contributed by atoms with Crippen molar-refractivity contribution < 1.29 is 22.3 Å². The Hall–Kier alpha value is -1.23. The van der Waals surface area contributed by atoms with Gasteiger partial charge in [-0.3, -0.25) is 4.98 Å². The third kappa shape index (κ3) is 3.88. The molecule has 0 radical (unpaired) electrons. The quantitative estimate of drug-likeness (QED) is 0.683. The van der Waals surface area contributed by atoms with Crippen molar-refractivity contribution in [2.75, 3.05) is 19.7 Å². The molecule has 1 rings (SSSR count). The number of rotatable bonds is 7. The van der Waals surface area contributed by atoms with Crippen molar-refractivity contribution >= 4 is 27.2 Å². The Kier molecular flexibility index (Phi) is 5.87. The molecule has 0 saturated heterocycles. The molecular formula is C10H13F2N3O3S2. The van der Waals surface area contributed by atoms with E-state index in [-0.39, 0.29) is 15.6 Å². The van der Waals surface area contributed by atoms with E-state index in [4.69, 9.17) is 23.1 Å². The Morgan fingerprint density at radius 3 is 2.70 bits per heavy atom. The monoisotopic (exact) mass is 325 g/mol. The summed E-state index contributed by atoms with van der Waals surface area (Å²) >= 11 is 4.69. The van der Waals surface area contributed by atoms with Crippen molar-refractivity contribution in [2.24, 2.45) is 5.73 Å². The maximum Gasteiger partial charge on any atom is 0.252 e. The van der Waals surface area contributed by atoms with E-state index in [0.29, 0.717) is 4.31 Å². The molecule has 0 aliphatic rings. The second-order valence-electron chi connectivity index (χ2n) is 3.69. The molecule has 6 nitrogen and oxygen atoms in total. The van der Waals surface area contributed by atoms with Gasteiger partial charge in [-0.15, -0.1) is 0 Å². The summed E-state index contributed by atoms with van der Waals surface area (Å²) in [6.07, 6.45) is -1.59. The van der Waals surface area contributed by atoms with Crippen LogP contribution in [0.1, 0.15) is 5.69 Å². The zero-order valence-electron chi connectivity index (χ0n) is 10.2. The summed E-state index contributed by atoms with van der Waals surface area (Å²) < 4.78 is 50.0. The predicted molar refractivity (Wildman–Crippen MR) is 72.0 cm³/mol. The summed E-state index contributed by atoms with van der Waals surface area (Å²) in [7, 11) is -4.27. The van der Waals surface area contributed by atoms with E-state index >= 15 is 0 Å². The van der Waals surface area contributed by atoms with Gasteiger partial charge in [-0.05, 0) is 12.1 Å². The van der Waals surface area contributed by atoms with E-state index in [1.54, 1.807) is 0 Å². The molecule has 0 aromatic carbocycles. The number of alkyl halides is 2. The zero-order valence-corrected chi connectivity index (χ0v) is 11.9. The highest BCUT2D eigenvalue weighted by atomic mass is 32.2. The topological polar surface area (TPSA) is 96.5 Å². The smallest absolute Gasteiger partial charge is 0.252 e. The van der Waals surface area contributed by atoms with Crippen LogP contribution in [0.4, 0.5) is 8.78 Å². The maximum atomic E-state index is 12.5. The van der Waals surface area contributed by atoms with Crippen LogP contribution in [0.25, 0.3) is 0 Å². The van der Waals surface area contributed by atoms with E-state index < -0.39 is 36.1 Å². The highest BCUT2D eigenvalue weighted by Crippen LogP contribution is 2.19. The number of halogens is 2. The lowest BCUT2D eigenvalue weighted by Gasteiger charge is -2.21. The summed E-state index contributed by atoms with van der Waals surface area (Å²) in [5.41, 5.74) is 5.21. The van der Waals surface area contributed by atoms with Gasteiger partial charge in [0.1, 0.15) is 15.6 Å². The van der Waals surface area contributed by atoms with E-state index in [0.717, 1.165) is 0 Å². The fourth-order valence-corrected chi connectivity index (χ4v) is 3.29. The number of sulfonamides is 1. The highest BCUT2D eigenvalue weighted by Gasteiger charge is 2.30. The lowest BCUT2D eigenvalue weighted by Crippen LogP contribution is -2.38. The fraction of sp³-hybridized carbons (Fsp3) is 0.400. The number of aliphatic hydroxyl groups is 1. The number of aliphatic hydroxyl groups excluding tert-OH is 1. The zero-order chi connectivity index (χ0) is 15.3. The average Bonchev–Trinajstić information content (AvgIpc) is 2.37. The summed E-state index contributed by atoms with van der Waals surface area (Å²) in [5, 5.41) is 8.82. The molecule has 0 amide bonds. The van der Waals surface area contributed by atoms with Crippen molar-refractivity contribution in [3.8, 4) is 0 Å². The van der Waals surface area contributed by atoms with E-state index in [1.807, 2.05) is 0 Å². The minimum atomic E-state index is -4.27. The summed E-state index contributed by atoms with van der Waals surface area (Å²) in [6, 6.07) is 2.50. The molecule has 0 aliphatic carbocycles. The van der Waals surface area contributed by atoms with Crippen LogP contribution < -0.4 is 5.73 Å². The minimum Gasteiger partial charge on any atom is -0.395 e. The van der Waals surface area contributed by atoms with Gasteiger partial charge in [0.2, 0.25) is 10.0 Å². The fourth-order valence-electron chi connectivity index (χ4n) is 1.50. The summed E-state index contributed by atoms with van der Waals surface area (Å²) in [5.74, 6) is 0. The standard InChI is InChI=1S/C10H13F2N3O3S2/c11-8(12)6-15(4-5-16)20(17,18)7-2-1-3-14-9(7)10(13)19/h1-3,8,16H,4-6H2,(H2,13,19). The first kappa shape index (κ1) is 16.8. The van der Waals surface area contributed by atoms with Crippen molar-refractivity contribution in [1.82, 2.24) is 9.29 Å². The average molecular weight is 325 g/mol. The summed E-state index contributed by atoms with van der Waals surface area (Å²) in [4.78, 5) is 3.13. The Balaban J connectivity index is 3.29. The third-order valence-corrected chi connectivity index (χ3v) is 4.40. The molecule has 20 heavy (non-hydrogen) atoms. The van der Waals surface area contributed by atoms with Crippen LogP contribution in [0.5, 0.6) is 0 Å². The Bertz CT molecular complexity index is 581. The summed E-state index contributed by atoms with van der Waals surface area (Å²) in [6.45, 7) is -2.08. The van der Waals surface area contributed by atoms with Crippen molar-refractivity contribution in [2.45, 2.75) is 11.3 Å². The van der Waals surface area contributed by atoms with E-state index in [9.17, 15) is 17.2 Å². The molecule has 0 aliphatic heterocycles. The number of thiocarbonyl (C=S) groups is 1. The molecule has 112 valence electrons. The highest BCUT2D eigenvalue weighted by molar-refractivity contribution is 7.89. The number of aromatic nitrogens is 1. The number of hydrogen-bond donors (Lipinski definition) is 2. The van der Waals surface area contributed by atoms with Crippen molar-refractivity contribution in [1.29, 1.82) is 0 Å². The molecule has 0 bridgehead atoms. The van der Waals surface area contributed by atoms with Gasteiger partial charge in [0.05, 0.1) is 13.2 Å². The molecule has 0 atom stereocenters. The Labute approximate surface area is 120 Å². The van der Waals surface area contributed by atoms with Crippen molar-refractivity contribution in [3.05, 3.63) is 24.0 Å². The van der Waals surface area contributed by atoms with E-state index in [1.165, 1.54) is 18.3 Å². The second kappa shape index (κ2) is 6.97. The van der Waals surface area contributed by atoms with Gasteiger partial charge < -0.3 is 10.8 Å².